The van der Waals surface area contributed by atoms with Crippen LogP contribution in [0.25, 0.3) is 0 Å². The first kappa shape index (κ1) is 15.0. The summed E-state index contributed by atoms with van der Waals surface area (Å²) < 4.78 is 0. The van der Waals surface area contributed by atoms with Crippen LogP contribution in [0, 0.1) is 6.92 Å². The molecule has 0 atom stereocenters. The van der Waals surface area contributed by atoms with Gasteiger partial charge in [0.25, 0.3) is 11.5 Å². The Bertz CT molecular complexity index is 857. The van der Waals surface area contributed by atoms with Crippen LogP contribution in [0.1, 0.15) is 27.2 Å². The van der Waals surface area contributed by atoms with E-state index < -0.39 is 0 Å². The molecule has 0 bridgehead atoms. The van der Waals surface area contributed by atoms with E-state index in [4.69, 9.17) is 0 Å². The smallest absolute Gasteiger partial charge is 0.254 e. The number of hydrogen-bond donors (Lipinski definition) is 2. The number of nitrogens with one attached hydrogen (secondary N) is 2. The predicted octanol–water partition coefficient (Wildman–Crippen LogP) is 0.845. The van der Waals surface area contributed by atoms with E-state index in [9.17, 15) is 14.4 Å². The molecule has 1 aromatic carbocycles. The first-order valence-electron chi connectivity index (χ1n) is 7.17. The van der Waals surface area contributed by atoms with Crippen molar-refractivity contribution in [2.75, 3.05) is 12.4 Å². The summed E-state index contributed by atoms with van der Waals surface area (Å²) in [5.41, 5.74) is 2.71. The average Bonchev–Trinajstić information content (AvgIpc) is 2.79. The van der Waals surface area contributed by atoms with Gasteiger partial charge in [-0.05, 0) is 24.6 Å². The molecular formula is C16H16N4O3. The monoisotopic (exact) mass is 312 g/mol. The Morgan fingerprint density at radius 1 is 1.39 bits per heavy atom. The van der Waals surface area contributed by atoms with Crippen LogP contribution in [0.2, 0.25) is 0 Å². The fourth-order valence-electron chi connectivity index (χ4n) is 2.56. The van der Waals surface area contributed by atoms with Gasteiger partial charge in [-0.1, -0.05) is 6.07 Å². The third-order valence-corrected chi connectivity index (χ3v) is 3.90. The van der Waals surface area contributed by atoms with Crippen LogP contribution in [0.5, 0.6) is 0 Å². The maximum absolute atomic E-state index is 12.1. The molecule has 118 valence electrons. The molecule has 3 rings (SSSR count). The number of fused-ring (bicyclic) bond motifs is 1. The summed E-state index contributed by atoms with van der Waals surface area (Å²) >= 11 is 0. The van der Waals surface area contributed by atoms with E-state index in [1.807, 2.05) is 6.07 Å². The Morgan fingerprint density at radius 3 is 2.96 bits per heavy atom. The van der Waals surface area contributed by atoms with Crippen LogP contribution < -0.4 is 10.9 Å². The van der Waals surface area contributed by atoms with Gasteiger partial charge in [0.15, 0.2) is 0 Å². The largest absolute Gasteiger partial charge is 0.337 e. The second-order valence-corrected chi connectivity index (χ2v) is 5.56. The number of H-pyrrole nitrogens is 1. The highest BCUT2D eigenvalue weighted by molar-refractivity contribution is 6.00. The van der Waals surface area contributed by atoms with E-state index in [0.29, 0.717) is 29.1 Å². The molecule has 2 amide bonds. The van der Waals surface area contributed by atoms with Crippen LogP contribution in [0.3, 0.4) is 0 Å². The second-order valence-electron chi connectivity index (χ2n) is 5.56. The third kappa shape index (κ3) is 2.85. The summed E-state index contributed by atoms with van der Waals surface area (Å²) in [5.74, 6) is -0.340. The molecule has 1 aliphatic heterocycles. The summed E-state index contributed by atoms with van der Waals surface area (Å²) in [6.45, 7) is 2.21. The zero-order chi connectivity index (χ0) is 16.6. The van der Waals surface area contributed by atoms with E-state index in [1.165, 1.54) is 6.33 Å². The van der Waals surface area contributed by atoms with Gasteiger partial charge in [0.2, 0.25) is 5.91 Å². The fourth-order valence-corrected chi connectivity index (χ4v) is 2.56. The van der Waals surface area contributed by atoms with Crippen LogP contribution in [-0.2, 0) is 17.8 Å². The second kappa shape index (κ2) is 5.68. The Hall–Kier alpha value is -2.96. The van der Waals surface area contributed by atoms with Crippen molar-refractivity contribution >= 4 is 17.5 Å². The van der Waals surface area contributed by atoms with Crippen molar-refractivity contribution in [1.82, 2.24) is 14.9 Å². The molecule has 0 unspecified atom stereocenters. The highest BCUT2D eigenvalue weighted by Crippen LogP contribution is 2.24. The van der Waals surface area contributed by atoms with Gasteiger partial charge in [-0.2, -0.15) is 0 Å². The maximum Gasteiger partial charge on any atom is 0.254 e. The van der Waals surface area contributed by atoms with Crippen LogP contribution in [0.4, 0.5) is 5.69 Å². The minimum Gasteiger partial charge on any atom is -0.337 e. The van der Waals surface area contributed by atoms with Gasteiger partial charge in [0.05, 0.1) is 18.4 Å². The third-order valence-electron chi connectivity index (χ3n) is 3.90. The van der Waals surface area contributed by atoms with E-state index in [1.54, 1.807) is 31.0 Å². The first-order chi connectivity index (χ1) is 11.0. The summed E-state index contributed by atoms with van der Waals surface area (Å²) in [7, 11) is 1.74. The Balaban J connectivity index is 1.75. The van der Waals surface area contributed by atoms with Crippen LogP contribution in [0.15, 0.2) is 29.3 Å². The number of nitrogens with zero attached hydrogens (tertiary/aromatic N) is 2. The van der Waals surface area contributed by atoms with Gasteiger partial charge in [-0.15, -0.1) is 0 Å². The molecule has 7 nitrogen and oxygen atoms in total. The highest BCUT2D eigenvalue weighted by atomic mass is 16.2. The minimum absolute atomic E-state index is 0.000682. The number of benzene rings is 1. The number of anilines is 1. The van der Waals surface area contributed by atoms with Crippen LogP contribution in [-0.4, -0.2) is 33.7 Å². The molecule has 0 saturated heterocycles. The molecule has 0 aliphatic carbocycles. The van der Waals surface area contributed by atoms with Crippen molar-refractivity contribution in [2.24, 2.45) is 0 Å². The van der Waals surface area contributed by atoms with Crippen molar-refractivity contribution < 1.29 is 9.59 Å². The Kier molecular flexibility index (Phi) is 3.69. The molecule has 0 fully saturated rings. The number of amides is 2. The summed E-state index contributed by atoms with van der Waals surface area (Å²) in [5, 5.41) is 2.74. The lowest BCUT2D eigenvalue weighted by Gasteiger charge is -2.07. The van der Waals surface area contributed by atoms with Crippen molar-refractivity contribution in [3.8, 4) is 0 Å². The molecular weight excluding hydrogens is 296 g/mol. The van der Waals surface area contributed by atoms with E-state index in [-0.39, 0.29) is 23.8 Å². The van der Waals surface area contributed by atoms with Gasteiger partial charge in [-0.3, -0.25) is 14.4 Å². The van der Waals surface area contributed by atoms with Gasteiger partial charge >= 0.3 is 0 Å². The van der Waals surface area contributed by atoms with Crippen LogP contribution >= 0.6 is 0 Å². The minimum atomic E-state index is -0.287. The highest BCUT2D eigenvalue weighted by Gasteiger charge is 2.24. The molecule has 2 heterocycles. The Labute approximate surface area is 132 Å². The Morgan fingerprint density at radius 2 is 2.17 bits per heavy atom. The van der Waals surface area contributed by atoms with Gasteiger partial charge in [0.1, 0.15) is 0 Å². The number of rotatable bonds is 3. The molecule has 0 spiro atoms. The molecule has 23 heavy (non-hydrogen) atoms. The van der Waals surface area contributed by atoms with Crippen molar-refractivity contribution in [2.45, 2.75) is 19.9 Å². The lowest BCUT2D eigenvalue weighted by atomic mass is 10.1. The van der Waals surface area contributed by atoms with E-state index >= 15 is 0 Å². The van der Waals surface area contributed by atoms with Crippen molar-refractivity contribution in [3.05, 3.63) is 57.3 Å². The predicted molar refractivity (Wildman–Crippen MR) is 84.2 cm³/mol. The standard InChI is InChI=1S/C16H16N4O3/c1-9-13(17-8-18-15(9)22)6-14(21)19-11-4-3-10-7-20(2)16(23)12(10)5-11/h3-5,8H,6-7H2,1-2H3,(H,19,21)(H,17,18,22). The zero-order valence-electron chi connectivity index (χ0n) is 12.8. The van der Waals surface area contributed by atoms with E-state index in [0.717, 1.165) is 5.56 Å². The number of carbonyl (C=O) groups excluding carboxylic acids is 2. The molecule has 2 N–H and O–H groups in total. The summed E-state index contributed by atoms with van der Waals surface area (Å²) in [6, 6.07) is 5.28. The summed E-state index contributed by atoms with van der Waals surface area (Å²) in [4.78, 5) is 43.7. The van der Waals surface area contributed by atoms with E-state index in [2.05, 4.69) is 15.3 Å². The van der Waals surface area contributed by atoms with Gasteiger partial charge < -0.3 is 15.2 Å². The molecule has 7 heteroatoms. The van der Waals surface area contributed by atoms with Gasteiger partial charge in [0, 0.05) is 30.4 Å². The normalized spacial score (nSPS) is 13.1. The lowest BCUT2D eigenvalue weighted by molar-refractivity contribution is -0.115. The van der Waals surface area contributed by atoms with Crippen molar-refractivity contribution in [3.63, 3.8) is 0 Å². The quantitative estimate of drug-likeness (QED) is 0.878. The lowest BCUT2D eigenvalue weighted by Crippen LogP contribution is -2.20. The topological polar surface area (TPSA) is 95.2 Å². The van der Waals surface area contributed by atoms with Gasteiger partial charge in [-0.25, -0.2) is 4.98 Å². The molecule has 1 aromatic heterocycles. The number of hydrogen-bond acceptors (Lipinski definition) is 4. The summed E-state index contributed by atoms with van der Waals surface area (Å²) in [6.07, 6.45) is 1.28. The maximum atomic E-state index is 12.1. The SMILES string of the molecule is Cc1c(CC(=O)Nc2ccc3c(c2)C(=O)N(C)C3)nc[nH]c1=O. The van der Waals surface area contributed by atoms with Crippen molar-refractivity contribution in [1.29, 1.82) is 0 Å². The molecule has 0 saturated carbocycles. The zero-order valence-corrected chi connectivity index (χ0v) is 12.8. The number of carbonyl (C=O) groups is 2. The fraction of sp³-hybridized carbons (Fsp3) is 0.250. The first-order valence-corrected chi connectivity index (χ1v) is 7.17. The average molecular weight is 312 g/mol. The molecule has 2 aromatic rings. The number of aromatic amines is 1. The molecule has 0 radical (unpaired) electrons. The molecule has 1 aliphatic rings. The number of aromatic nitrogens is 2.